The first-order valence-corrected chi connectivity index (χ1v) is 14.4. The summed E-state index contributed by atoms with van der Waals surface area (Å²) in [6, 6.07) is 20.9. The Morgan fingerprint density at radius 1 is 1.00 bits per heavy atom. The number of carbonyl (C=O) groups excluding carboxylic acids is 2. The summed E-state index contributed by atoms with van der Waals surface area (Å²) in [6.45, 7) is 4.15. The van der Waals surface area contributed by atoms with Crippen LogP contribution in [0.2, 0.25) is 0 Å². The Kier molecular flexibility index (Phi) is 10.2. The minimum Gasteiger partial charge on any atom is -0.483 e. The minimum atomic E-state index is -0.749. The third-order valence-corrected chi connectivity index (χ3v) is 7.83. The molecule has 206 valence electrons. The highest BCUT2D eigenvalue weighted by Crippen LogP contribution is 2.29. The summed E-state index contributed by atoms with van der Waals surface area (Å²) in [5.41, 5.74) is 2.85. The maximum absolute atomic E-state index is 13.8. The number of nitrogens with one attached hydrogen (secondary N) is 1. The van der Waals surface area contributed by atoms with Gasteiger partial charge in [0.1, 0.15) is 17.6 Å². The van der Waals surface area contributed by atoms with Crippen molar-refractivity contribution >= 4 is 27.7 Å². The highest BCUT2D eigenvalue weighted by molar-refractivity contribution is 9.10. The van der Waals surface area contributed by atoms with Gasteiger partial charge < -0.3 is 15.0 Å². The molecule has 5 nitrogen and oxygen atoms in total. The Balaban J connectivity index is 1.60. The summed E-state index contributed by atoms with van der Waals surface area (Å²) in [5, 5.41) is 3.19. The lowest BCUT2D eigenvalue weighted by molar-refractivity contribution is -0.143. The first kappa shape index (κ1) is 28.8. The second-order valence-electron chi connectivity index (χ2n) is 10.5. The van der Waals surface area contributed by atoms with E-state index in [0.717, 1.165) is 46.8 Å². The molecule has 39 heavy (non-hydrogen) atoms. The normalized spacial score (nSPS) is 14.3. The van der Waals surface area contributed by atoms with Crippen LogP contribution >= 0.6 is 15.9 Å². The summed E-state index contributed by atoms with van der Waals surface area (Å²) in [6.07, 6.45) is 4.42. The van der Waals surface area contributed by atoms with Crippen LogP contribution in [0.5, 0.6) is 5.75 Å². The zero-order valence-corrected chi connectivity index (χ0v) is 24.1. The molecule has 0 bridgehead atoms. The Bertz CT molecular complexity index is 1240. The largest absolute Gasteiger partial charge is 0.483 e. The topological polar surface area (TPSA) is 58.6 Å². The van der Waals surface area contributed by atoms with Crippen LogP contribution in [0.1, 0.15) is 62.1 Å². The minimum absolute atomic E-state index is 0.116. The van der Waals surface area contributed by atoms with E-state index in [1.807, 2.05) is 48.5 Å². The molecule has 0 heterocycles. The average molecular weight is 596 g/mol. The summed E-state index contributed by atoms with van der Waals surface area (Å²) < 4.78 is 20.4. The molecule has 0 spiro atoms. The van der Waals surface area contributed by atoms with Crippen molar-refractivity contribution < 1.29 is 18.7 Å². The van der Waals surface area contributed by atoms with Crippen molar-refractivity contribution in [1.29, 1.82) is 0 Å². The van der Waals surface area contributed by atoms with Gasteiger partial charge in [0.15, 0.2) is 6.61 Å². The molecule has 2 amide bonds. The molecule has 0 saturated heterocycles. The van der Waals surface area contributed by atoms with E-state index >= 15 is 0 Å². The Morgan fingerprint density at radius 2 is 1.69 bits per heavy atom. The first-order valence-electron chi connectivity index (χ1n) is 13.6. The second-order valence-corrected chi connectivity index (χ2v) is 11.3. The average Bonchev–Trinajstić information content (AvgIpc) is 3.44. The number of benzene rings is 3. The van der Waals surface area contributed by atoms with E-state index in [-0.39, 0.29) is 36.8 Å². The van der Waals surface area contributed by atoms with Crippen LogP contribution in [0.25, 0.3) is 0 Å². The van der Waals surface area contributed by atoms with Gasteiger partial charge in [-0.25, -0.2) is 4.39 Å². The molecule has 0 aromatic heterocycles. The van der Waals surface area contributed by atoms with Crippen LogP contribution in [0.3, 0.4) is 0 Å². The monoisotopic (exact) mass is 594 g/mol. The standard InChI is InChI=1S/C32H36BrFN2O3/c1-22(2)25-14-17-30(28(33)19-25)39-21-31(37)36(20-24-12-15-26(34)16-13-24)29(18-23-8-4-3-5-9-23)32(38)35-27-10-6-7-11-27/h3-5,8-9,12-17,19,22,27,29H,6-7,10-11,18,20-21H2,1-2H3,(H,35,38). The fourth-order valence-electron chi connectivity index (χ4n) is 4.92. The molecule has 1 saturated carbocycles. The highest BCUT2D eigenvalue weighted by atomic mass is 79.9. The van der Waals surface area contributed by atoms with Crippen molar-refractivity contribution in [2.45, 2.75) is 70.5 Å². The van der Waals surface area contributed by atoms with Crippen LogP contribution in [0.4, 0.5) is 4.39 Å². The zero-order chi connectivity index (χ0) is 27.8. The van der Waals surface area contributed by atoms with Gasteiger partial charge in [-0.1, -0.05) is 75.2 Å². The molecule has 1 N–H and O–H groups in total. The van der Waals surface area contributed by atoms with Crippen LogP contribution in [0.15, 0.2) is 77.3 Å². The Labute approximate surface area is 238 Å². The van der Waals surface area contributed by atoms with Crippen LogP contribution in [-0.2, 0) is 22.6 Å². The summed E-state index contributed by atoms with van der Waals surface area (Å²) >= 11 is 3.56. The van der Waals surface area contributed by atoms with E-state index in [1.54, 1.807) is 17.0 Å². The molecule has 1 fully saturated rings. The number of halogens is 2. The number of hydrogen-bond donors (Lipinski definition) is 1. The Hall–Kier alpha value is -3.19. The number of carbonyl (C=O) groups is 2. The zero-order valence-electron chi connectivity index (χ0n) is 22.5. The van der Waals surface area contributed by atoms with Crippen molar-refractivity contribution in [1.82, 2.24) is 10.2 Å². The van der Waals surface area contributed by atoms with Gasteiger partial charge in [-0.3, -0.25) is 9.59 Å². The SMILES string of the molecule is CC(C)c1ccc(OCC(=O)N(Cc2ccc(F)cc2)C(Cc2ccccc2)C(=O)NC2CCCC2)c(Br)c1. The van der Waals surface area contributed by atoms with E-state index in [0.29, 0.717) is 18.1 Å². The smallest absolute Gasteiger partial charge is 0.261 e. The lowest BCUT2D eigenvalue weighted by atomic mass is 10.0. The lowest BCUT2D eigenvalue weighted by Crippen LogP contribution is -2.53. The molecule has 4 rings (SSSR count). The summed E-state index contributed by atoms with van der Waals surface area (Å²) in [5.74, 6) is 0.0737. The third kappa shape index (κ3) is 8.15. The number of nitrogens with zero attached hydrogens (tertiary/aromatic N) is 1. The molecule has 0 aliphatic heterocycles. The fourth-order valence-corrected chi connectivity index (χ4v) is 5.43. The van der Waals surface area contributed by atoms with Gasteiger partial charge in [-0.2, -0.15) is 0 Å². The second kappa shape index (κ2) is 13.7. The van der Waals surface area contributed by atoms with Crippen LogP contribution < -0.4 is 10.1 Å². The van der Waals surface area contributed by atoms with Crippen molar-refractivity contribution in [2.75, 3.05) is 6.61 Å². The molecule has 3 aromatic carbocycles. The maximum Gasteiger partial charge on any atom is 0.261 e. The van der Waals surface area contributed by atoms with E-state index in [2.05, 4.69) is 35.1 Å². The molecule has 1 atom stereocenters. The van der Waals surface area contributed by atoms with E-state index in [4.69, 9.17) is 4.74 Å². The van der Waals surface area contributed by atoms with E-state index in [1.165, 1.54) is 12.1 Å². The number of amides is 2. The molecular weight excluding hydrogens is 559 g/mol. The van der Waals surface area contributed by atoms with Gasteiger partial charge in [0.05, 0.1) is 4.47 Å². The van der Waals surface area contributed by atoms with Crippen molar-refractivity contribution in [2.24, 2.45) is 0 Å². The predicted octanol–water partition coefficient (Wildman–Crippen LogP) is 6.79. The fraction of sp³-hybridized carbons (Fsp3) is 0.375. The van der Waals surface area contributed by atoms with Gasteiger partial charge >= 0.3 is 0 Å². The molecular formula is C32H36BrFN2O3. The van der Waals surface area contributed by atoms with Gasteiger partial charge in [0, 0.05) is 19.0 Å². The number of rotatable bonds is 11. The molecule has 1 unspecified atom stereocenters. The van der Waals surface area contributed by atoms with Gasteiger partial charge in [0.2, 0.25) is 5.91 Å². The van der Waals surface area contributed by atoms with E-state index < -0.39 is 6.04 Å². The first-order chi connectivity index (χ1) is 18.8. The highest BCUT2D eigenvalue weighted by Gasteiger charge is 2.32. The van der Waals surface area contributed by atoms with Crippen molar-refractivity contribution in [3.05, 3.63) is 99.8 Å². The maximum atomic E-state index is 13.8. The van der Waals surface area contributed by atoms with Crippen LogP contribution in [-0.4, -0.2) is 35.4 Å². The summed E-state index contributed by atoms with van der Waals surface area (Å²) in [7, 11) is 0. The van der Waals surface area contributed by atoms with Gasteiger partial charge in [0.25, 0.3) is 5.91 Å². The predicted molar refractivity (Wildman–Crippen MR) is 155 cm³/mol. The third-order valence-electron chi connectivity index (χ3n) is 7.21. The molecule has 1 aliphatic carbocycles. The number of ether oxygens (including phenoxy) is 1. The molecule has 3 aromatic rings. The molecule has 0 radical (unpaired) electrons. The Morgan fingerprint density at radius 3 is 2.33 bits per heavy atom. The summed E-state index contributed by atoms with van der Waals surface area (Å²) in [4.78, 5) is 29.1. The van der Waals surface area contributed by atoms with Crippen molar-refractivity contribution in [3.63, 3.8) is 0 Å². The van der Waals surface area contributed by atoms with Crippen molar-refractivity contribution in [3.8, 4) is 5.75 Å². The van der Waals surface area contributed by atoms with Gasteiger partial charge in [-0.05, 0) is 75.6 Å². The number of hydrogen-bond acceptors (Lipinski definition) is 3. The lowest BCUT2D eigenvalue weighted by Gasteiger charge is -2.32. The van der Waals surface area contributed by atoms with Crippen LogP contribution in [0, 0.1) is 5.82 Å². The molecule has 7 heteroatoms. The quantitative estimate of drug-likeness (QED) is 0.266. The van der Waals surface area contributed by atoms with Gasteiger partial charge in [-0.15, -0.1) is 0 Å². The molecule has 1 aliphatic rings. The van der Waals surface area contributed by atoms with E-state index in [9.17, 15) is 14.0 Å².